The molecule has 43 heavy (non-hydrogen) atoms. The highest BCUT2D eigenvalue weighted by Crippen LogP contribution is 2.22. The fraction of sp³-hybridized carbons (Fsp3) is 0.543. The number of amides is 1. The van der Waals surface area contributed by atoms with E-state index in [1.54, 1.807) is 34.6 Å². The minimum Gasteiger partial charge on any atom is -0.466 e. The average Bonchev–Trinajstić information content (AvgIpc) is 2.95. The topological polar surface area (TPSA) is 125 Å². The largest absolute Gasteiger partial charge is 0.466 e. The zero-order valence-electron chi connectivity index (χ0n) is 26.5. The Labute approximate surface area is 257 Å². The number of rotatable bonds is 18. The zero-order valence-corrected chi connectivity index (χ0v) is 26.5. The van der Waals surface area contributed by atoms with E-state index in [-0.39, 0.29) is 43.0 Å². The normalized spacial score (nSPS) is 13.4. The second kappa shape index (κ2) is 18.2. The summed E-state index contributed by atoms with van der Waals surface area (Å²) in [6.07, 6.45) is 2.98. The van der Waals surface area contributed by atoms with Crippen LogP contribution in [0, 0.1) is 11.8 Å². The third kappa shape index (κ3) is 14.0. The number of ketones is 1. The van der Waals surface area contributed by atoms with Gasteiger partial charge in [-0.2, -0.15) is 0 Å². The quantitative estimate of drug-likeness (QED) is 0.165. The summed E-state index contributed by atoms with van der Waals surface area (Å²) in [5, 5.41) is 3.04. The van der Waals surface area contributed by atoms with Crippen molar-refractivity contribution >= 4 is 23.6 Å². The van der Waals surface area contributed by atoms with E-state index in [4.69, 9.17) is 15.2 Å². The van der Waals surface area contributed by atoms with Crippen molar-refractivity contribution in [3.8, 4) is 11.1 Å². The molecule has 0 aliphatic rings. The van der Waals surface area contributed by atoms with E-state index in [0.717, 1.165) is 29.5 Å². The molecule has 0 saturated heterocycles. The molecule has 0 saturated carbocycles. The molecule has 0 spiro atoms. The third-order valence-electron chi connectivity index (χ3n) is 7.09. The molecule has 0 radical (unpaired) electrons. The fourth-order valence-corrected chi connectivity index (χ4v) is 4.90. The van der Waals surface area contributed by atoms with Crippen molar-refractivity contribution in [3.63, 3.8) is 0 Å². The van der Waals surface area contributed by atoms with Crippen LogP contribution in [0.15, 0.2) is 54.6 Å². The lowest BCUT2D eigenvalue weighted by Crippen LogP contribution is -2.39. The van der Waals surface area contributed by atoms with E-state index in [1.807, 2.05) is 42.5 Å². The average molecular weight is 595 g/mol. The van der Waals surface area contributed by atoms with Crippen molar-refractivity contribution in [1.82, 2.24) is 5.32 Å². The predicted octanol–water partition coefficient (Wildman–Crippen LogP) is 5.80. The number of ether oxygens (including phenoxy) is 2. The lowest BCUT2D eigenvalue weighted by atomic mass is 9.93. The summed E-state index contributed by atoms with van der Waals surface area (Å²) in [6, 6.07) is 17.9. The van der Waals surface area contributed by atoms with Crippen LogP contribution in [-0.2, 0) is 35.1 Å². The number of carbonyl (C=O) groups excluding carboxylic acids is 4. The van der Waals surface area contributed by atoms with Gasteiger partial charge in [0.05, 0.1) is 18.4 Å². The Hall–Kier alpha value is -3.52. The first kappa shape index (κ1) is 35.7. The molecule has 0 heterocycles. The molecule has 3 N–H and O–H groups in total. The van der Waals surface area contributed by atoms with E-state index in [0.29, 0.717) is 32.4 Å². The molecule has 2 rings (SSSR count). The molecule has 0 unspecified atom stereocenters. The Balaban J connectivity index is 2.03. The number of esters is 2. The number of carbonyl (C=O) groups is 4. The summed E-state index contributed by atoms with van der Waals surface area (Å²) >= 11 is 0. The van der Waals surface area contributed by atoms with Crippen LogP contribution in [0.2, 0.25) is 0 Å². The van der Waals surface area contributed by atoms with Crippen LogP contribution in [0.3, 0.4) is 0 Å². The van der Waals surface area contributed by atoms with Crippen molar-refractivity contribution < 1.29 is 28.7 Å². The number of nitrogens with two attached hydrogens (primary N) is 1. The van der Waals surface area contributed by atoms with Crippen LogP contribution in [0.25, 0.3) is 11.1 Å². The van der Waals surface area contributed by atoms with E-state index in [9.17, 15) is 19.2 Å². The Morgan fingerprint density at radius 1 is 0.884 bits per heavy atom. The second-order valence-electron chi connectivity index (χ2n) is 12.2. The van der Waals surface area contributed by atoms with Gasteiger partial charge in [-0.1, -0.05) is 67.9 Å². The monoisotopic (exact) mass is 594 g/mol. The summed E-state index contributed by atoms with van der Waals surface area (Å²) in [7, 11) is 0. The number of unbranched alkanes of at least 4 members (excludes halogenated alkanes) is 1. The van der Waals surface area contributed by atoms with Crippen molar-refractivity contribution in [1.29, 1.82) is 0 Å². The van der Waals surface area contributed by atoms with Crippen LogP contribution < -0.4 is 11.1 Å². The molecule has 1 amide bonds. The predicted molar refractivity (Wildman–Crippen MR) is 169 cm³/mol. The SMILES string of the molecule is CCOC(=O)[C@H](C)C[C@@H](Cc1ccc(-c2ccccc2)cc1)NC(=O)CCC(=O)C[C@@H](CCCCN)C(=O)OC(C)(C)C. The van der Waals surface area contributed by atoms with Gasteiger partial charge in [0.25, 0.3) is 0 Å². The van der Waals surface area contributed by atoms with Gasteiger partial charge in [-0.25, -0.2) is 0 Å². The van der Waals surface area contributed by atoms with Crippen LogP contribution >= 0.6 is 0 Å². The van der Waals surface area contributed by atoms with Gasteiger partial charge in [0, 0.05) is 25.3 Å². The summed E-state index contributed by atoms with van der Waals surface area (Å²) < 4.78 is 10.7. The Bertz CT molecular complexity index is 1160. The highest BCUT2D eigenvalue weighted by molar-refractivity contribution is 5.88. The first-order valence-corrected chi connectivity index (χ1v) is 15.5. The standard InChI is InChI=1S/C35H50N2O6/c1-6-42-33(40)25(2)22-30(23-26-15-17-28(18-16-26)27-12-8-7-9-13-27)37-32(39)20-19-31(38)24-29(14-10-11-21-36)34(41)43-35(3,4)5/h7-9,12-13,15-18,25,29-30H,6,10-11,14,19-24,36H2,1-5H3,(H,37,39)/t25-,29-,30+/m1/s1. The maximum Gasteiger partial charge on any atom is 0.309 e. The molecule has 236 valence electrons. The third-order valence-corrected chi connectivity index (χ3v) is 7.09. The molecule has 0 bridgehead atoms. The maximum absolute atomic E-state index is 13.0. The summed E-state index contributed by atoms with van der Waals surface area (Å²) in [5.74, 6) is -2.09. The van der Waals surface area contributed by atoms with Crippen molar-refractivity contribution in [2.45, 2.75) is 97.6 Å². The number of hydrogen-bond donors (Lipinski definition) is 2. The first-order chi connectivity index (χ1) is 20.4. The van der Waals surface area contributed by atoms with Gasteiger partial charge in [0.2, 0.25) is 5.91 Å². The summed E-state index contributed by atoms with van der Waals surface area (Å²) in [5.41, 5.74) is 8.19. The number of benzene rings is 2. The van der Waals surface area contributed by atoms with E-state index >= 15 is 0 Å². The molecule has 2 aromatic rings. The number of hydrogen-bond acceptors (Lipinski definition) is 7. The number of nitrogens with one attached hydrogen (secondary N) is 1. The molecule has 8 heteroatoms. The van der Waals surface area contributed by atoms with Gasteiger partial charge >= 0.3 is 11.9 Å². The maximum atomic E-state index is 13.0. The molecule has 2 aromatic carbocycles. The number of Topliss-reactive ketones (excluding diaryl/α,β-unsaturated/α-hetero) is 1. The molecule has 3 atom stereocenters. The molecule has 0 aromatic heterocycles. The van der Waals surface area contributed by atoms with E-state index in [2.05, 4.69) is 17.4 Å². The van der Waals surface area contributed by atoms with Crippen LogP contribution in [0.5, 0.6) is 0 Å². The lowest BCUT2D eigenvalue weighted by molar-refractivity contribution is -0.161. The van der Waals surface area contributed by atoms with Crippen molar-refractivity contribution in [2.24, 2.45) is 17.6 Å². The molecule has 0 fully saturated rings. The van der Waals surface area contributed by atoms with Crippen molar-refractivity contribution in [2.75, 3.05) is 13.2 Å². The highest BCUT2D eigenvalue weighted by atomic mass is 16.6. The van der Waals surface area contributed by atoms with Gasteiger partial charge in [-0.15, -0.1) is 0 Å². The summed E-state index contributed by atoms with van der Waals surface area (Å²) in [6.45, 7) is 9.75. The minimum absolute atomic E-state index is 0.0000951. The van der Waals surface area contributed by atoms with Gasteiger partial charge in [-0.05, 0) is 76.6 Å². The molecular weight excluding hydrogens is 544 g/mol. The lowest BCUT2D eigenvalue weighted by Gasteiger charge is -2.24. The van der Waals surface area contributed by atoms with E-state index in [1.165, 1.54) is 0 Å². The minimum atomic E-state index is -0.649. The smallest absolute Gasteiger partial charge is 0.309 e. The van der Waals surface area contributed by atoms with Crippen LogP contribution in [-0.4, -0.2) is 48.4 Å². The Kier molecular flexibility index (Phi) is 15.1. The summed E-state index contributed by atoms with van der Waals surface area (Å²) in [4.78, 5) is 50.9. The Morgan fingerprint density at radius 2 is 1.53 bits per heavy atom. The first-order valence-electron chi connectivity index (χ1n) is 15.5. The van der Waals surface area contributed by atoms with Gasteiger partial charge in [0.1, 0.15) is 11.4 Å². The van der Waals surface area contributed by atoms with Gasteiger partial charge < -0.3 is 20.5 Å². The van der Waals surface area contributed by atoms with Gasteiger partial charge in [0.15, 0.2) is 0 Å². The fourth-order valence-electron chi connectivity index (χ4n) is 4.90. The van der Waals surface area contributed by atoms with Gasteiger partial charge in [-0.3, -0.25) is 19.2 Å². The molecule has 8 nitrogen and oxygen atoms in total. The molecule has 0 aliphatic heterocycles. The second-order valence-corrected chi connectivity index (χ2v) is 12.2. The molecule has 0 aliphatic carbocycles. The van der Waals surface area contributed by atoms with Crippen LogP contribution in [0.1, 0.15) is 85.1 Å². The van der Waals surface area contributed by atoms with Crippen molar-refractivity contribution in [3.05, 3.63) is 60.2 Å². The molecular formula is C35H50N2O6. The van der Waals surface area contributed by atoms with E-state index < -0.39 is 23.4 Å². The highest BCUT2D eigenvalue weighted by Gasteiger charge is 2.27. The zero-order chi connectivity index (χ0) is 31.8. The Morgan fingerprint density at radius 3 is 2.14 bits per heavy atom. The van der Waals surface area contributed by atoms with Crippen LogP contribution in [0.4, 0.5) is 0 Å².